The van der Waals surface area contributed by atoms with E-state index in [0.29, 0.717) is 12.4 Å². The van der Waals surface area contributed by atoms with Gasteiger partial charge in [-0.3, -0.25) is 15.0 Å². The van der Waals surface area contributed by atoms with Crippen LogP contribution in [0.25, 0.3) is 0 Å². The van der Waals surface area contributed by atoms with Gasteiger partial charge >= 0.3 is 0 Å². The van der Waals surface area contributed by atoms with Crippen LogP contribution in [-0.4, -0.2) is 40.5 Å². The van der Waals surface area contributed by atoms with Gasteiger partial charge in [0.25, 0.3) is 5.69 Å². The average Bonchev–Trinajstić information content (AvgIpc) is 2.42. The summed E-state index contributed by atoms with van der Waals surface area (Å²) in [5.41, 5.74) is 0.0411. The first-order valence-corrected chi connectivity index (χ1v) is 6.15. The van der Waals surface area contributed by atoms with Crippen LogP contribution in [0.5, 0.6) is 0 Å². The number of likely N-dealkylation sites (tertiary alicyclic amines) is 1. The standard InChI is InChI=1S/C12H15N5O2/c13-4-8-16-6-2-10(3-7-16)15-12-9-11(17(18)19)1-5-14-12/h1,5,9-10H,2-3,6-8H2,(H,14,15). The Kier molecular flexibility index (Phi) is 4.26. The highest BCUT2D eigenvalue weighted by atomic mass is 16.6. The summed E-state index contributed by atoms with van der Waals surface area (Å²) in [4.78, 5) is 16.4. The topological polar surface area (TPSA) is 95.1 Å². The van der Waals surface area contributed by atoms with Crippen LogP contribution >= 0.6 is 0 Å². The molecule has 1 fully saturated rings. The van der Waals surface area contributed by atoms with Gasteiger partial charge in [0.1, 0.15) is 5.82 Å². The Hall–Kier alpha value is -2.20. The van der Waals surface area contributed by atoms with E-state index in [1.165, 1.54) is 18.3 Å². The lowest BCUT2D eigenvalue weighted by Crippen LogP contribution is -2.39. The maximum absolute atomic E-state index is 10.7. The minimum absolute atomic E-state index is 0.0411. The van der Waals surface area contributed by atoms with Gasteiger partial charge in [0, 0.05) is 31.4 Å². The number of aromatic nitrogens is 1. The maximum atomic E-state index is 10.7. The van der Waals surface area contributed by atoms with Gasteiger partial charge in [-0.1, -0.05) is 0 Å². The molecule has 0 unspecified atom stereocenters. The van der Waals surface area contributed by atoms with Crippen LogP contribution in [0, 0.1) is 21.4 Å². The van der Waals surface area contributed by atoms with Gasteiger partial charge in [0.2, 0.25) is 0 Å². The van der Waals surface area contributed by atoms with Gasteiger partial charge in [0.15, 0.2) is 0 Å². The molecule has 0 saturated carbocycles. The number of piperidine rings is 1. The third-order valence-corrected chi connectivity index (χ3v) is 3.19. The van der Waals surface area contributed by atoms with E-state index in [1.807, 2.05) is 0 Å². The second kappa shape index (κ2) is 6.11. The molecular weight excluding hydrogens is 246 g/mol. The zero-order chi connectivity index (χ0) is 13.7. The van der Waals surface area contributed by atoms with E-state index in [0.717, 1.165) is 25.9 Å². The Bertz CT molecular complexity index is 491. The Labute approximate surface area is 111 Å². The molecule has 19 heavy (non-hydrogen) atoms. The summed E-state index contributed by atoms with van der Waals surface area (Å²) in [6.07, 6.45) is 3.25. The minimum Gasteiger partial charge on any atom is -0.367 e. The highest BCUT2D eigenvalue weighted by molar-refractivity contribution is 5.44. The predicted molar refractivity (Wildman–Crippen MR) is 69.6 cm³/mol. The molecule has 0 atom stereocenters. The Balaban J connectivity index is 1.90. The van der Waals surface area contributed by atoms with Gasteiger partial charge in [0.05, 0.1) is 23.6 Å². The molecule has 7 heteroatoms. The van der Waals surface area contributed by atoms with E-state index in [4.69, 9.17) is 5.26 Å². The molecule has 0 bridgehead atoms. The number of rotatable bonds is 4. The van der Waals surface area contributed by atoms with Gasteiger partial charge in [-0.05, 0) is 12.8 Å². The molecule has 1 aromatic heterocycles. The van der Waals surface area contributed by atoms with E-state index in [-0.39, 0.29) is 11.7 Å². The molecule has 1 saturated heterocycles. The van der Waals surface area contributed by atoms with E-state index in [1.54, 1.807) is 0 Å². The number of hydrogen-bond donors (Lipinski definition) is 1. The van der Waals surface area contributed by atoms with E-state index in [9.17, 15) is 10.1 Å². The number of pyridine rings is 1. The van der Waals surface area contributed by atoms with Crippen molar-refractivity contribution in [3.05, 3.63) is 28.4 Å². The van der Waals surface area contributed by atoms with Gasteiger partial charge in [-0.2, -0.15) is 5.26 Å². The number of hydrogen-bond acceptors (Lipinski definition) is 6. The Morgan fingerprint density at radius 1 is 1.58 bits per heavy atom. The molecule has 2 heterocycles. The summed E-state index contributed by atoms with van der Waals surface area (Å²) >= 11 is 0. The third-order valence-electron chi connectivity index (χ3n) is 3.19. The summed E-state index contributed by atoms with van der Waals surface area (Å²) in [5, 5.41) is 22.5. The molecule has 7 nitrogen and oxygen atoms in total. The Morgan fingerprint density at radius 3 is 2.95 bits per heavy atom. The molecule has 0 aliphatic carbocycles. The highest BCUT2D eigenvalue weighted by Gasteiger charge is 2.19. The predicted octanol–water partition coefficient (Wildman–Crippen LogP) is 1.39. The van der Waals surface area contributed by atoms with Gasteiger partial charge in [-0.25, -0.2) is 4.98 Å². The van der Waals surface area contributed by atoms with Crippen LogP contribution in [-0.2, 0) is 0 Å². The van der Waals surface area contributed by atoms with Crippen molar-refractivity contribution in [2.75, 3.05) is 25.0 Å². The summed E-state index contributed by atoms with van der Waals surface area (Å²) in [6.45, 7) is 2.18. The number of nitro groups is 1. The van der Waals surface area contributed by atoms with E-state index >= 15 is 0 Å². The van der Waals surface area contributed by atoms with Crippen molar-refractivity contribution in [3.8, 4) is 6.07 Å². The van der Waals surface area contributed by atoms with Crippen molar-refractivity contribution < 1.29 is 4.92 Å². The molecule has 0 spiro atoms. The van der Waals surface area contributed by atoms with Crippen LogP contribution in [0.15, 0.2) is 18.3 Å². The van der Waals surface area contributed by atoms with Gasteiger partial charge in [-0.15, -0.1) is 0 Å². The smallest absolute Gasteiger partial charge is 0.274 e. The van der Waals surface area contributed by atoms with Crippen molar-refractivity contribution in [1.29, 1.82) is 5.26 Å². The van der Waals surface area contributed by atoms with Crippen LogP contribution in [0.4, 0.5) is 11.5 Å². The first-order chi connectivity index (χ1) is 9.19. The average molecular weight is 261 g/mol. The summed E-state index contributed by atoms with van der Waals surface area (Å²) in [7, 11) is 0. The number of nitrogens with one attached hydrogen (secondary N) is 1. The molecule has 0 radical (unpaired) electrons. The first-order valence-electron chi connectivity index (χ1n) is 6.15. The van der Waals surface area contributed by atoms with Crippen LogP contribution in [0.3, 0.4) is 0 Å². The number of anilines is 1. The van der Waals surface area contributed by atoms with Crippen LogP contribution in [0.1, 0.15) is 12.8 Å². The summed E-state index contributed by atoms with van der Waals surface area (Å²) in [5.74, 6) is 0.535. The van der Waals surface area contributed by atoms with Crippen molar-refractivity contribution in [2.45, 2.75) is 18.9 Å². The third kappa shape index (κ3) is 3.63. The second-order valence-electron chi connectivity index (χ2n) is 4.51. The maximum Gasteiger partial charge on any atom is 0.274 e. The minimum atomic E-state index is -0.428. The lowest BCUT2D eigenvalue weighted by atomic mass is 10.1. The molecule has 1 aliphatic rings. The van der Waals surface area contributed by atoms with Crippen molar-refractivity contribution >= 4 is 11.5 Å². The van der Waals surface area contributed by atoms with Crippen LogP contribution in [0.2, 0.25) is 0 Å². The highest BCUT2D eigenvalue weighted by Crippen LogP contribution is 2.18. The molecule has 0 aromatic carbocycles. The molecular formula is C12H15N5O2. The first kappa shape index (κ1) is 13.2. The summed E-state index contributed by atoms with van der Waals surface area (Å²) in [6, 6.07) is 5.22. The van der Waals surface area contributed by atoms with Crippen LogP contribution < -0.4 is 5.32 Å². The lowest BCUT2D eigenvalue weighted by molar-refractivity contribution is -0.384. The second-order valence-corrected chi connectivity index (χ2v) is 4.51. The lowest BCUT2D eigenvalue weighted by Gasteiger charge is -2.30. The fraction of sp³-hybridized carbons (Fsp3) is 0.500. The fourth-order valence-corrected chi connectivity index (χ4v) is 2.16. The molecule has 1 aromatic rings. The van der Waals surface area contributed by atoms with E-state index in [2.05, 4.69) is 21.3 Å². The zero-order valence-corrected chi connectivity index (χ0v) is 10.5. The fourth-order valence-electron chi connectivity index (χ4n) is 2.16. The normalized spacial score (nSPS) is 16.8. The summed E-state index contributed by atoms with van der Waals surface area (Å²) < 4.78 is 0. The SMILES string of the molecule is N#CCN1CCC(Nc2cc([N+](=O)[O-])ccn2)CC1. The number of nitriles is 1. The molecule has 1 N–H and O–H groups in total. The quantitative estimate of drug-likeness (QED) is 0.500. The molecule has 100 valence electrons. The van der Waals surface area contributed by atoms with Crippen molar-refractivity contribution in [3.63, 3.8) is 0 Å². The van der Waals surface area contributed by atoms with Gasteiger partial charge < -0.3 is 5.32 Å². The van der Waals surface area contributed by atoms with Crippen molar-refractivity contribution in [2.24, 2.45) is 0 Å². The zero-order valence-electron chi connectivity index (χ0n) is 10.5. The molecule has 1 aliphatic heterocycles. The Morgan fingerprint density at radius 2 is 2.32 bits per heavy atom. The van der Waals surface area contributed by atoms with E-state index < -0.39 is 4.92 Å². The van der Waals surface area contributed by atoms with Crippen molar-refractivity contribution in [1.82, 2.24) is 9.88 Å². The number of nitrogens with zero attached hydrogens (tertiary/aromatic N) is 4. The monoisotopic (exact) mass is 261 g/mol. The molecule has 2 rings (SSSR count). The molecule has 0 amide bonds. The largest absolute Gasteiger partial charge is 0.367 e.